The Morgan fingerprint density at radius 1 is 1.32 bits per heavy atom. The van der Waals surface area contributed by atoms with Gasteiger partial charge in [-0.3, -0.25) is 4.57 Å². The molecular weight excluding hydrogens is 328 g/mol. The first kappa shape index (κ1) is 17.4. The standard InChI is InChI=1S/C15H20N6O4/c1-15(2,24)4-3-9-18-11-12(16)19-14(17)20-13(11)21(9)10-5-7(23)8(6-22)25-10/h7-8,10,22-24H,5-6H2,1-2H3,(H4,16,17,19,20). The lowest BCUT2D eigenvalue weighted by atomic mass is 10.1. The Morgan fingerprint density at radius 3 is 2.64 bits per heavy atom. The zero-order valence-corrected chi connectivity index (χ0v) is 13.8. The summed E-state index contributed by atoms with van der Waals surface area (Å²) in [6, 6.07) is 0. The number of aliphatic hydroxyl groups excluding tert-OH is 2. The second-order valence-corrected chi connectivity index (χ2v) is 6.37. The van der Waals surface area contributed by atoms with Crippen LogP contribution in [0.1, 0.15) is 32.3 Å². The molecule has 3 atom stereocenters. The Kier molecular flexibility index (Phi) is 4.26. The van der Waals surface area contributed by atoms with Gasteiger partial charge in [0.2, 0.25) is 5.95 Å². The summed E-state index contributed by atoms with van der Waals surface area (Å²) in [6.45, 7) is 2.75. The number of imidazole rings is 1. The van der Waals surface area contributed by atoms with Gasteiger partial charge >= 0.3 is 0 Å². The van der Waals surface area contributed by atoms with E-state index in [-0.39, 0.29) is 30.6 Å². The summed E-state index contributed by atoms with van der Waals surface area (Å²) in [6.07, 6.45) is -2.04. The number of nitrogens with two attached hydrogens (primary N) is 2. The van der Waals surface area contributed by atoms with Gasteiger partial charge in [-0.05, 0) is 19.8 Å². The first-order valence-corrected chi connectivity index (χ1v) is 7.70. The molecule has 3 unspecified atom stereocenters. The highest BCUT2D eigenvalue weighted by Gasteiger charge is 2.36. The molecule has 0 radical (unpaired) electrons. The maximum Gasteiger partial charge on any atom is 0.224 e. The highest BCUT2D eigenvalue weighted by Crippen LogP contribution is 2.33. The molecule has 1 saturated heterocycles. The third-order valence-electron chi connectivity index (χ3n) is 3.74. The van der Waals surface area contributed by atoms with E-state index >= 15 is 0 Å². The average Bonchev–Trinajstić information content (AvgIpc) is 3.04. The second-order valence-electron chi connectivity index (χ2n) is 6.37. The van der Waals surface area contributed by atoms with Crippen LogP contribution in [0.15, 0.2) is 0 Å². The lowest BCUT2D eigenvalue weighted by Gasteiger charge is -2.15. The third kappa shape index (κ3) is 3.35. The Balaban J connectivity index is 2.18. The van der Waals surface area contributed by atoms with Gasteiger partial charge in [-0.2, -0.15) is 9.97 Å². The molecule has 10 heteroatoms. The first-order valence-electron chi connectivity index (χ1n) is 7.70. The van der Waals surface area contributed by atoms with Gasteiger partial charge in [-0.15, -0.1) is 0 Å². The molecule has 0 saturated carbocycles. The van der Waals surface area contributed by atoms with E-state index < -0.39 is 24.0 Å². The molecule has 0 bridgehead atoms. The van der Waals surface area contributed by atoms with Gasteiger partial charge in [0, 0.05) is 6.42 Å². The zero-order chi connectivity index (χ0) is 18.4. The van der Waals surface area contributed by atoms with Crippen LogP contribution in [0.4, 0.5) is 11.8 Å². The van der Waals surface area contributed by atoms with Gasteiger partial charge in [-0.25, -0.2) is 4.98 Å². The van der Waals surface area contributed by atoms with E-state index in [1.165, 1.54) is 13.8 Å². The minimum atomic E-state index is -1.23. The molecule has 0 amide bonds. The molecule has 1 aliphatic rings. The number of hydrogen-bond acceptors (Lipinski definition) is 9. The minimum Gasteiger partial charge on any atom is -0.394 e. The smallest absolute Gasteiger partial charge is 0.224 e. The van der Waals surface area contributed by atoms with Gasteiger partial charge in [0.1, 0.15) is 17.9 Å². The zero-order valence-electron chi connectivity index (χ0n) is 13.8. The number of nitrogens with zero attached hydrogens (tertiary/aromatic N) is 4. The highest BCUT2D eigenvalue weighted by atomic mass is 16.5. The van der Waals surface area contributed by atoms with Gasteiger partial charge in [0.05, 0.1) is 12.7 Å². The van der Waals surface area contributed by atoms with Crippen molar-refractivity contribution in [2.45, 2.75) is 44.3 Å². The number of aliphatic hydroxyl groups is 3. The Morgan fingerprint density at radius 2 is 2.04 bits per heavy atom. The monoisotopic (exact) mass is 348 g/mol. The van der Waals surface area contributed by atoms with Crippen LogP contribution in [-0.2, 0) is 4.74 Å². The molecule has 134 valence electrons. The van der Waals surface area contributed by atoms with Crippen molar-refractivity contribution in [3.05, 3.63) is 5.82 Å². The molecule has 25 heavy (non-hydrogen) atoms. The van der Waals surface area contributed by atoms with Gasteiger partial charge < -0.3 is 31.5 Å². The maximum absolute atomic E-state index is 10.0. The Hall–Kier alpha value is -2.45. The van der Waals surface area contributed by atoms with Gasteiger partial charge in [0.25, 0.3) is 0 Å². The van der Waals surface area contributed by atoms with Crippen molar-refractivity contribution < 1.29 is 20.1 Å². The van der Waals surface area contributed by atoms with Gasteiger partial charge in [-0.1, -0.05) is 5.92 Å². The minimum absolute atomic E-state index is 0.0367. The third-order valence-corrected chi connectivity index (χ3v) is 3.74. The Labute approximate surface area is 143 Å². The van der Waals surface area contributed by atoms with Crippen molar-refractivity contribution in [3.8, 4) is 11.8 Å². The number of rotatable bonds is 2. The van der Waals surface area contributed by atoms with Crippen LogP contribution in [0, 0.1) is 11.8 Å². The molecule has 2 aromatic heterocycles. The van der Waals surface area contributed by atoms with Crippen LogP contribution in [-0.4, -0.2) is 59.3 Å². The lowest BCUT2D eigenvalue weighted by Crippen LogP contribution is -2.24. The Bertz CT molecular complexity index is 863. The van der Waals surface area contributed by atoms with Crippen LogP contribution >= 0.6 is 0 Å². The van der Waals surface area contributed by atoms with Crippen LogP contribution in [0.2, 0.25) is 0 Å². The molecule has 7 N–H and O–H groups in total. The molecule has 3 rings (SSSR count). The summed E-state index contributed by atoms with van der Waals surface area (Å²) in [5.41, 5.74) is 10.9. The van der Waals surface area contributed by atoms with E-state index in [0.29, 0.717) is 11.2 Å². The van der Waals surface area contributed by atoms with Crippen molar-refractivity contribution in [2.75, 3.05) is 18.1 Å². The van der Waals surface area contributed by atoms with Crippen molar-refractivity contribution in [2.24, 2.45) is 0 Å². The molecule has 0 aliphatic carbocycles. The van der Waals surface area contributed by atoms with E-state index in [1.54, 1.807) is 4.57 Å². The summed E-state index contributed by atoms with van der Waals surface area (Å²) < 4.78 is 7.22. The van der Waals surface area contributed by atoms with E-state index in [9.17, 15) is 15.3 Å². The highest BCUT2D eigenvalue weighted by molar-refractivity contribution is 5.84. The van der Waals surface area contributed by atoms with E-state index in [0.717, 1.165) is 0 Å². The molecule has 0 spiro atoms. The van der Waals surface area contributed by atoms with Gasteiger partial charge in [0.15, 0.2) is 22.8 Å². The summed E-state index contributed by atoms with van der Waals surface area (Å²) in [4.78, 5) is 12.4. The fraction of sp³-hybridized carbons (Fsp3) is 0.533. The number of ether oxygens (including phenoxy) is 1. The SMILES string of the molecule is CC(C)(O)C#Cc1nc2c(N)nc(N)nc2n1C1CC(O)C(CO)O1. The topological polar surface area (TPSA) is 166 Å². The summed E-state index contributed by atoms with van der Waals surface area (Å²) in [5.74, 6) is 5.73. The number of anilines is 2. The number of fused-ring (bicyclic) bond motifs is 1. The van der Waals surface area contributed by atoms with Crippen LogP contribution < -0.4 is 11.5 Å². The predicted molar refractivity (Wildman–Crippen MR) is 88.9 cm³/mol. The predicted octanol–water partition coefficient (Wildman–Crippen LogP) is -1.25. The normalized spacial score (nSPS) is 23.6. The largest absolute Gasteiger partial charge is 0.394 e. The summed E-state index contributed by atoms with van der Waals surface area (Å²) >= 11 is 0. The molecule has 0 aromatic carbocycles. The van der Waals surface area contributed by atoms with Crippen molar-refractivity contribution in [1.29, 1.82) is 0 Å². The number of aromatic nitrogens is 4. The summed E-state index contributed by atoms with van der Waals surface area (Å²) in [7, 11) is 0. The lowest BCUT2D eigenvalue weighted by molar-refractivity contribution is -0.0434. The number of hydrogen-bond donors (Lipinski definition) is 5. The quantitative estimate of drug-likeness (QED) is 0.417. The average molecular weight is 348 g/mol. The van der Waals surface area contributed by atoms with Crippen molar-refractivity contribution >= 4 is 22.9 Å². The maximum atomic E-state index is 10.0. The van der Waals surface area contributed by atoms with Crippen LogP contribution in [0.3, 0.4) is 0 Å². The van der Waals surface area contributed by atoms with E-state index in [1.807, 2.05) is 0 Å². The molecule has 3 heterocycles. The fourth-order valence-electron chi connectivity index (χ4n) is 2.62. The van der Waals surface area contributed by atoms with Crippen molar-refractivity contribution in [3.63, 3.8) is 0 Å². The number of nitrogen functional groups attached to an aromatic ring is 2. The molecule has 10 nitrogen and oxygen atoms in total. The van der Waals surface area contributed by atoms with E-state index in [2.05, 4.69) is 26.8 Å². The second kappa shape index (κ2) is 6.12. The van der Waals surface area contributed by atoms with Crippen molar-refractivity contribution in [1.82, 2.24) is 19.5 Å². The van der Waals surface area contributed by atoms with E-state index in [4.69, 9.17) is 16.2 Å². The molecule has 1 aliphatic heterocycles. The molecular formula is C15H20N6O4. The molecule has 1 fully saturated rings. The molecule has 2 aromatic rings. The summed E-state index contributed by atoms with van der Waals surface area (Å²) in [5, 5.41) is 29.2. The fourth-order valence-corrected chi connectivity index (χ4v) is 2.62. The first-order chi connectivity index (χ1) is 11.7. The van der Waals surface area contributed by atoms with Crippen LogP contribution in [0.25, 0.3) is 11.2 Å². The van der Waals surface area contributed by atoms with Crippen LogP contribution in [0.5, 0.6) is 0 Å².